The van der Waals surface area contributed by atoms with Crippen molar-refractivity contribution in [2.75, 3.05) is 13.1 Å². The molecule has 6 rings (SSSR count). The lowest BCUT2D eigenvalue weighted by atomic mass is 9.84. The van der Waals surface area contributed by atoms with E-state index in [0.29, 0.717) is 11.3 Å². The molecule has 20 nitrogen and oxygen atoms in total. The highest BCUT2D eigenvalue weighted by Crippen LogP contribution is 2.28. The third-order valence-corrected chi connectivity index (χ3v) is 13.2. The Morgan fingerprint density at radius 1 is 0.814 bits per heavy atom. The lowest BCUT2D eigenvalue weighted by Crippen LogP contribution is -2.57. The second kappa shape index (κ2) is 25.8. The number of para-hydroxylation sites is 1. The number of hydrogen-bond acceptors (Lipinski definition) is 10. The average Bonchev–Trinajstić information content (AvgIpc) is 4.14. The van der Waals surface area contributed by atoms with Crippen LogP contribution in [0.15, 0.2) is 78.3 Å². The molecule has 1 aliphatic carbocycles. The highest BCUT2D eigenvalue weighted by molar-refractivity contribution is 5.97. The number of fused-ring (bicyclic) bond motifs is 1. The number of nitrogens with one attached hydrogen (secondary N) is 7. The van der Waals surface area contributed by atoms with Crippen molar-refractivity contribution in [3.8, 4) is 0 Å². The molecule has 3 heterocycles. The van der Waals surface area contributed by atoms with Crippen LogP contribution in [0.5, 0.6) is 0 Å². The van der Waals surface area contributed by atoms with Gasteiger partial charge in [-0.05, 0) is 68.1 Å². The second-order valence-electron chi connectivity index (χ2n) is 18.5. The SMILES string of the molecule is NC(=O)[C@H](Cc1c[nH]c2ccccc12)NC(=O)[C@@H]1CCNC(=O)CC[C@H](NC(=O)CC2CCCC2)C(=O)N[C@@H](Cc2cnc[nH]2)C(=O)N[C@H](Cc2ccccc2)C(=O)C[C@@H](CCCN=C(N)N)C(=O)C1. The van der Waals surface area contributed by atoms with Crippen LogP contribution in [0.1, 0.15) is 93.9 Å². The summed E-state index contributed by atoms with van der Waals surface area (Å²) in [7, 11) is 0. The van der Waals surface area contributed by atoms with Crippen LogP contribution in [0.4, 0.5) is 0 Å². The van der Waals surface area contributed by atoms with Crippen molar-refractivity contribution in [2.24, 2.45) is 39.9 Å². The van der Waals surface area contributed by atoms with E-state index in [4.69, 9.17) is 17.2 Å². The number of imidazole rings is 1. The Balaban J connectivity index is 1.32. The summed E-state index contributed by atoms with van der Waals surface area (Å²) in [5.41, 5.74) is 19.8. The van der Waals surface area contributed by atoms with Crippen molar-refractivity contribution in [2.45, 2.75) is 120 Å². The molecule has 4 aromatic rings. The van der Waals surface area contributed by atoms with Gasteiger partial charge in [-0.25, -0.2) is 4.98 Å². The maximum absolute atomic E-state index is 14.7. The largest absolute Gasteiger partial charge is 0.370 e. The minimum atomic E-state index is -1.28. The van der Waals surface area contributed by atoms with Crippen LogP contribution in [-0.4, -0.2) is 105 Å². The molecular weight excluding hydrogens is 897 g/mol. The molecule has 2 aromatic heterocycles. The van der Waals surface area contributed by atoms with E-state index in [1.807, 2.05) is 30.3 Å². The summed E-state index contributed by atoms with van der Waals surface area (Å²) in [5, 5.41) is 14.8. The van der Waals surface area contributed by atoms with Gasteiger partial charge in [-0.3, -0.25) is 43.3 Å². The summed E-state index contributed by atoms with van der Waals surface area (Å²) >= 11 is 0. The van der Waals surface area contributed by atoms with Crippen LogP contribution in [0.2, 0.25) is 0 Å². The lowest BCUT2D eigenvalue weighted by Gasteiger charge is -2.26. The van der Waals surface area contributed by atoms with E-state index in [0.717, 1.165) is 42.1 Å². The first-order valence-corrected chi connectivity index (χ1v) is 24.2. The van der Waals surface area contributed by atoms with Crippen molar-refractivity contribution < 1.29 is 38.4 Å². The minimum Gasteiger partial charge on any atom is -0.370 e. The molecule has 0 unspecified atom stereocenters. The van der Waals surface area contributed by atoms with Gasteiger partial charge in [0.2, 0.25) is 35.4 Å². The van der Waals surface area contributed by atoms with Gasteiger partial charge in [0.25, 0.3) is 0 Å². The molecule has 1 saturated heterocycles. The summed E-state index contributed by atoms with van der Waals surface area (Å²) in [5.74, 6) is -6.76. The number of Topliss-reactive ketones (excluding diaryl/α,β-unsaturated/α-hetero) is 2. The quantitative estimate of drug-likeness (QED) is 0.0435. The first-order chi connectivity index (χ1) is 33.7. The molecule has 1 aliphatic heterocycles. The zero-order valence-corrected chi connectivity index (χ0v) is 39.4. The van der Waals surface area contributed by atoms with Crippen LogP contribution >= 0.6 is 0 Å². The molecule has 2 aromatic carbocycles. The van der Waals surface area contributed by atoms with Crippen molar-refractivity contribution in [3.05, 3.63) is 90.1 Å². The number of carbonyl (C=O) groups is 8. The van der Waals surface area contributed by atoms with Gasteiger partial charge in [-0.15, -0.1) is 0 Å². The Morgan fingerprint density at radius 3 is 2.29 bits per heavy atom. The Bertz CT molecular complexity index is 2460. The van der Waals surface area contributed by atoms with Gasteiger partial charge in [0.05, 0.1) is 12.4 Å². The summed E-state index contributed by atoms with van der Waals surface area (Å²) < 4.78 is 0. The molecule has 6 amide bonds. The topological polar surface area (TPSA) is 332 Å². The van der Waals surface area contributed by atoms with E-state index in [1.165, 1.54) is 12.5 Å². The standard InChI is InChI=1S/C50H66N12O8/c51-46(67)40(23-34-27-57-37-15-7-6-14-36(34)37)61-47(68)33-18-20-55-44(65)17-16-38(59-45(66)22-31-11-4-5-12-31)48(69)62-41(26-35-28-54-29-58-35)49(70)60-39(21-30-9-2-1-3-10-30)43(64)24-32(42(63)25-33)13-8-19-56-50(52)53/h1-3,6-7,9-10,14-15,27-29,31-33,38-41,57H,4-5,8,11-13,16-26H2,(H2,51,67)(H,54,58)(H,55,65)(H,59,66)(H,60,70)(H,61,68)(H,62,69)(H4,52,53,56)/t32-,33-,38+,39-,40+,41+/m1/s1. The van der Waals surface area contributed by atoms with Gasteiger partial charge in [0.15, 0.2) is 11.7 Å². The minimum absolute atomic E-state index is 0.0364. The fraction of sp³-hybridized carbons (Fsp3) is 0.480. The number of aromatic amines is 2. The number of H-pyrrole nitrogens is 2. The van der Waals surface area contributed by atoms with E-state index in [-0.39, 0.29) is 102 Å². The van der Waals surface area contributed by atoms with Crippen molar-refractivity contribution >= 4 is 63.9 Å². The molecule has 13 N–H and O–H groups in total. The van der Waals surface area contributed by atoms with Gasteiger partial charge in [0.1, 0.15) is 23.9 Å². The molecule has 0 radical (unpaired) electrons. The highest BCUT2D eigenvalue weighted by Gasteiger charge is 2.35. The van der Waals surface area contributed by atoms with E-state index in [9.17, 15) is 38.4 Å². The summed E-state index contributed by atoms with van der Waals surface area (Å²) in [4.78, 5) is 126. The number of primary amides is 1. The number of nitrogens with two attached hydrogens (primary N) is 3. The van der Waals surface area contributed by atoms with Crippen molar-refractivity contribution in [1.82, 2.24) is 41.5 Å². The van der Waals surface area contributed by atoms with Crippen molar-refractivity contribution in [1.29, 1.82) is 0 Å². The first-order valence-electron chi connectivity index (χ1n) is 24.2. The molecule has 0 spiro atoms. The number of aromatic nitrogens is 3. The van der Waals surface area contributed by atoms with Crippen LogP contribution in [0.25, 0.3) is 10.9 Å². The number of carbonyl (C=O) groups excluding carboxylic acids is 8. The number of amides is 6. The fourth-order valence-electron chi connectivity index (χ4n) is 9.29. The normalized spacial score (nSPS) is 21.8. The highest BCUT2D eigenvalue weighted by atomic mass is 16.2. The van der Waals surface area contributed by atoms with E-state index < -0.39 is 77.1 Å². The Morgan fingerprint density at radius 2 is 1.56 bits per heavy atom. The summed E-state index contributed by atoms with van der Waals surface area (Å²) in [6.45, 7) is 0.0578. The van der Waals surface area contributed by atoms with E-state index in [1.54, 1.807) is 30.5 Å². The first kappa shape index (κ1) is 52.0. The number of benzene rings is 2. The molecule has 20 heteroatoms. The van der Waals surface area contributed by atoms with Crippen molar-refractivity contribution in [3.63, 3.8) is 0 Å². The molecule has 374 valence electrons. The van der Waals surface area contributed by atoms with Crippen LogP contribution in [0.3, 0.4) is 0 Å². The molecule has 70 heavy (non-hydrogen) atoms. The third-order valence-electron chi connectivity index (χ3n) is 13.2. The lowest BCUT2D eigenvalue weighted by molar-refractivity contribution is -0.135. The maximum Gasteiger partial charge on any atom is 0.243 e. The number of rotatable bonds is 16. The smallest absolute Gasteiger partial charge is 0.243 e. The number of hydrogen-bond donors (Lipinski definition) is 10. The van der Waals surface area contributed by atoms with Gasteiger partial charge in [-0.1, -0.05) is 61.4 Å². The van der Waals surface area contributed by atoms with Gasteiger partial charge < -0.3 is 53.8 Å². The number of nitrogens with zero attached hydrogens (tertiary/aromatic N) is 2. The molecular formula is C50H66N12O8. The average molecular weight is 963 g/mol. The summed E-state index contributed by atoms with van der Waals surface area (Å²) in [6, 6.07) is 11.6. The summed E-state index contributed by atoms with van der Waals surface area (Å²) in [6.07, 6.45) is 7.93. The Labute approximate surface area is 406 Å². The monoisotopic (exact) mass is 963 g/mol. The molecule has 2 fully saturated rings. The zero-order chi connectivity index (χ0) is 50.0. The third kappa shape index (κ3) is 15.8. The molecule has 0 bridgehead atoms. The number of ketones is 2. The van der Waals surface area contributed by atoms with Gasteiger partial charge in [-0.2, -0.15) is 0 Å². The van der Waals surface area contributed by atoms with Crippen LogP contribution < -0.4 is 43.8 Å². The van der Waals surface area contributed by atoms with Crippen LogP contribution in [-0.2, 0) is 57.6 Å². The maximum atomic E-state index is 14.7. The van der Waals surface area contributed by atoms with Gasteiger partial charge >= 0.3 is 0 Å². The number of aliphatic imine (C=N–C) groups is 1. The van der Waals surface area contributed by atoms with Crippen LogP contribution in [0, 0.1) is 17.8 Å². The Hall–Kier alpha value is -7.38. The predicted octanol–water partition coefficient (Wildman–Crippen LogP) is 1.43. The molecule has 6 atom stereocenters. The zero-order valence-electron chi connectivity index (χ0n) is 39.4. The molecule has 2 aliphatic rings. The fourth-order valence-corrected chi connectivity index (χ4v) is 9.29. The molecule has 1 saturated carbocycles. The van der Waals surface area contributed by atoms with E-state index in [2.05, 4.69) is 46.5 Å². The Kier molecular flexibility index (Phi) is 19.2. The second-order valence-corrected chi connectivity index (χ2v) is 18.5. The van der Waals surface area contributed by atoms with E-state index >= 15 is 0 Å². The number of guanidine groups is 1. The predicted molar refractivity (Wildman–Crippen MR) is 261 cm³/mol. The van der Waals surface area contributed by atoms with Gasteiger partial charge in [0, 0.05) is 92.4 Å².